The van der Waals surface area contributed by atoms with Gasteiger partial charge in [0.1, 0.15) is 5.82 Å². The van der Waals surface area contributed by atoms with Gasteiger partial charge in [0.2, 0.25) is 5.88 Å². The third-order valence-electron chi connectivity index (χ3n) is 2.91. The first-order valence-electron chi connectivity index (χ1n) is 5.84. The molecule has 1 aromatic heterocycles. The maximum absolute atomic E-state index is 12.9. The van der Waals surface area contributed by atoms with Gasteiger partial charge < -0.3 is 15.2 Å². The Morgan fingerprint density at radius 2 is 2.24 bits per heavy atom. The Labute approximate surface area is 99.9 Å². The number of aromatic nitrogens is 1. The summed E-state index contributed by atoms with van der Waals surface area (Å²) in [7, 11) is 0. The molecule has 4 nitrogen and oxygen atoms in total. The molecule has 0 radical (unpaired) electrons. The minimum Gasteiger partial charge on any atom is -0.477 e. The fourth-order valence-electron chi connectivity index (χ4n) is 1.85. The van der Waals surface area contributed by atoms with Gasteiger partial charge in [0.15, 0.2) is 0 Å². The van der Waals surface area contributed by atoms with Crippen molar-refractivity contribution in [3.05, 3.63) is 23.6 Å². The van der Waals surface area contributed by atoms with Gasteiger partial charge in [0.25, 0.3) is 0 Å². The molecule has 1 aliphatic rings. The second kappa shape index (κ2) is 5.93. The van der Waals surface area contributed by atoms with Gasteiger partial charge in [-0.05, 0) is 24.8 Å². The first-order valence-corrected chi connectivity index (χ1v) is 5.84. The zero-order chi connectivity index (χ0) is 12.1. The Balaban J connectivity index is 1.93. The van der Waals surface area contributed by atoms with Crippen molar-refractivity contribution in [1.29, 1.82) is 0 Å². The van der Waals surface area contributed by atoms with E-state index in [2.05, 4.69) is 4.98 Å². The van der Waals surface area contributed by atoms with Crippen LogP contribution in [-0.2, 0) is 11.3 Å². The molecule has 1 fully saturated rings. The smallest absolute Gasteiger partial charge is 0.218 e. The molecule has 5 heteroatoms. The van der Waals surface area contributed by atoms with E-state index >= 15 is 0 Å². The van der Waals surface area contributed by atoms with Gasteiger partial charge in [-0.25, -0.2) is 9.37 Å². The van der Waals surface area contributed by atoms with Crippen molar-refractivity contribution < 1.29 is 13.9 Å². The monoisotopic (exact) mass is 240 g/mol. The van der Waals surface area contributed by atoms with Crippen LogP contribution in [0.5, 0.6) is 5.88 Å². The van der Waals surface area contributed by atoms with Crippen LogP contribution in [0.25, 0.3) is 0 Å². The highest BCUT2D eigenvalue weighted by Gasteiger charge is 2.15. The Kier molecular flexibility index (Phi) is 4.28. The van der Waals surface area contributed by atoms with Crippen LogP contribution in [-0.4, -0.2) is 24.8 Å². The summed E-state index contributed by atoms with van der Waals surface area (Å²) in [5, 5.41) is 0. The number of ether oxygens (including phenoxy) is 2. The van der Waals surface area contributed by atoms with Gasteiger partial charge in [-0.1, -0.05) is 0 Å². The van der Waals surface area contributed by atoms with E-state index in [0.29, 0.717) is 24.0 Å². The first kappa shape index (κ1) is 12.3. The molecule has 0 atom stereocenters. The van der Waals surface area contributed by atoms with E-state index in [0.717, 1.165) is 32.3 Å². The molecule has 0 amide bonds. The van der Waals surface area contributed by atoms with Crippen molar-refractivity contribution in [3.8, 4) is 5.88 Å². The van der Waals surface area contributed by atoms with Crippen LogP contribution in [0.4, 0.5) is 4.39 Å². The van der Waals surface area contributed by atoms with Crippen LogP contribution in [0.1, 0.15) is 18.4 Å². The summed E-state index contributed by atoms with van der Waals surface area (Å²) in [5.41, 5.74) is 6.13. The van der Waals surface area contributed by atoms with E-state index in [4.69, 9.17) is 15.2 Å². The van der Waals surface area contributed by atoms with E-state index < -0.39 is 0 Å². The molecule has 2 rings (SSSR count). The average molecular weight is 240 g/mol. The van der Waals surface area contributed by atoms with Crippen molar-refractivity contribution in [2.45, 2.75) is 19.4 Å². The van der Waals surface area contributed by atoms with E-state index in [1.165, 1.54) is 6.07 Å². The second-order valence-electron chi connectivity index (χ2n) is 4.19. The van der Waals surface area contributed by atoms with Crippen LogP contribution < -0.4 is 10.5 Å². The summed E-state index contributed by atoms with van der Waals surface area (Å²) < 4.78 is 23.8. The molecule has 0 spiro atoms. The Morgan fingerprint density at radius 3 is 2.94 bits per heavy atom. The standard InChI is InChI=1S/C12H17FN2O2/c13-11-5-10(6-14)12(15-7-11)17-8-9-1-3-16-4-2-9/h5,7,9H,1-4,6,8,14H2. The molecule has 17 heavy (non-hydrogen) atoms. The molecule has 0 bridgehead atoms. The Bertz CT molecular complexity index is 368. The molecule has 1 saturated heterocycles. The third-order valence-corrected chi connectivity index (χ3v) is 2.91. The zero-order valence-electron chi connectivity index (χ0n) is 9.69. The summed E-state index contributed by atoms with van der Waals surface area (Å²) in [4.78, 5) is 3.92. The number of hydrogen-bond donors (Lipinski definition) is 1. The maximum atomic E-state index is 12.9. The van der Waals surface area contributed by atoms with Crippen LogP contribution >= 0.6 is 0 Å². The van der Waals surface area contributed by atoms with Crippen molar-refractivity contribution >= 4 is 0 Å². The molecule has 2 N–H and O–H groups in total. The molecule has 0 aromatic carbocycles. The van der Waals surface area contributed by atoms with Crippen LogP contribution in [0.3, 0.4) is 0 Å². The number of halogens is 1. The van der Waals surface area contributed by atoms with Crippen LogP contribution in [0.2, 0.25) is 0 Å². The van der Waals surface area contributed by atoms with Crippen molar-refractivity contribution in [2.75, 3.05) is 19.8 Å². The van der Waals surface area contributed by atoms with Gasteiger partial charge >= 0.3 is 0 Å². The normalized spacial score (nSPS) is 17.1. The summed E-state index contributed by atoms with van der Waals surface area (Å²) in [6.07, 6.45) is 3.15. The highest BCUT2D eigenvalue weighted by Crippen LogP contribution is 2.19. The Hall–Kier alpha value is -1.20. The number of hydrogen-bond acceptors (Lipinski definition) is 4. The molecule has 1 aliphatic heterocycles. The summed E-state index contributed by atoms with van der Waals surface area (Å²) in [5.74, 6) is 0.547. The topological polar surface area (TPSA) is 57.4 Å². The van der Waals surface area contributed by atoms with E-state index in [1.807, 2.05) is 0 Å². The molecule has 2 heterocycles. The van der Waals surface area contributed by atoms with E-state index in [9.17, 15) is 4.39 Å². The number of nitrogens with two attached hydrogens (primary N) is 1. The number of nitrogens with zero attached hydrogens (tertiary/aromatic N) is 1. The quantitative estimate of drug-likeness (QED) is 0.866. The molecular weight excluding hydrogens is 223 g/mol. The highest BCUT2D eigenvalue weighted by atomic mass is 19.1. The summed E-state index contributed by atoms with van der Waals surface area (Å²) in [6, 6.07) is 1.37. The molecular formula is C12H17FN2O2. The van der Waals surface area contributed by atoms with Crippen LogP contribution in [0, 0.1) is 11.7 Å². The predicted octanol–water partition coefficient (Wildman–Crippen LogP) is 1.48. The van der Waals surface area contributed by atoms with Crippen LogP contribution in [0.15, 0.2) is 12.3 Å². The second-order valence-corrected chi connectivity index (χ2v) is 4.19. The molecule has 0 unspecified atom stereocenters. The van der Waals surface area contributed by atoms with Gasteiger partial charge in [-0.2, -0.15) is 0 Å². The third kappa shape index (κ3) is 3.38. The molecule has 0 aliphatic carbocycles. The lowest BCUT2D eigenvalue weighted by atomic mass is 10.0. The van der Waals surface area contributed by atoms with Gasteiger partial charge in [0, 0.05) is 25.3 Å². The molecule has 0 saturated carbocycles. The van der Waals surface area contributed by atoms with Crippen molar-refractivity contribution in [1.82, 2.24) is 4.98 Å². The lowest BCUT2D eigenvalue weighted by Gasteiger charge is -2.22. The Morgan fingerprint density at radius 1 is 1.47 bits per heavy atom. The van der Waals surface area contributed by atoms with Gasteiger partial charge in [-0.3, -0.25) is 0 Å². The lowest BCUT2D eigenvalue weighted by Crippen LogP contribution is -2.22. The zero-order valence-corrected chi connectivity index (χ0v) is 9.69. The van der Waals surface area contributed by atoms with Crippen molar-refractivity contribution in [2.24, 2.45) is 11.7 Å². The van der Waals surface area contributed by atoms with E-state index in [1.54, 1.807) is 0 Å². The minimum absolute atomic E-state index is 0.230. The van der Waals surface area contributed by atoms with E-state index in [-0.39, 0.29) is 12.4 Å². The molecule has 1 aromatic rings. The molecule has 94 valence electrons. The largest absolute Gasteiger partial charge is 0.477 e. The fourth-order valence-corrected chi connectivity index (χ4v) is 1.85. The lowest BCUT2D eigenvalue weighted by molar-refractivity contribution is 0.0488. The van der Waals surface area contributed by atoms with Gasteiger partial charge in [-0.15, -0.1) is 0 Å². The number of pyridine rings is 1. The fraction of sp³-hybridized carbons (Fsp3) is 0.583. The average Bonchev–Trinajstić information content (AvgIpc) is 2.38. The summed E-state index contributed by atoms with van der Waals surface area (Å²) in [6.45, 7) is 2.39. The minimum atomic E-state index is -0.385. The first-order chi connectivity index (χ1) is 8.29. The van der Waals surface area contributed by atoms with Crippen molar-refractivity contribution in [3.63, 3.8) is 0 Å². The SMILES string of the molecule is NCc1cc(F)cnc1OCC1CCOCC1. The highest BCUT2D eigenvalue weighted by molar-refractivity contribution is 5.25. The van der Waals surface area contributed by atoms with Gasteiger partial charge in [0.05, 0.1) is 12.8 Å². The predicted molar refractivity (Wildman–Crippen MR) is 61.1 cm³/mol. The number of rotatable bonds is 4. The maximum Gasteiger partial charge on any atom is 0.218 e. The summed E-state index contributed by atoms with van der Waals surface area (Å²) >= 11 is 0.